The minimum Gasteiger partial charge on any atom is -0.480 e. The summed E-state index contributed by atoms with van der Waals surface area (Å²) >= 11 is 6.02. The topological polar surface area (TPSA) is 43.8 Å². The Morgan fingerprint density at radius 3 is 2.32 bits per heavy atom. The summed E-state index contributed by atoms with van der Waals surface area (Å²) in [5.74, 6) is 1.43. The number of aryl methyl sites for hydroxylation is 1. The van der Waals surface area contributed by atoms with E-state index >= 15 is 0 Å². The van der Waals surface area contributed by atoms with Crippen molar-refractivity contribution in [3.8, 4) is 0 Å². The molecule has 0 spiro atoms. The molecule has 38 heavy (non-hydrogen) atoms. The van der Waals surface area contributed by atoms with Crippen molar-refractivity contribution < 1.29 is 9.90 Å². The molecule has 0 bridgehead atoms. The molecule has 3 aliphatic rings. The van der Waals surface area contributed by atoms with Crippen molar-refractivity contribution >= 4 is 17.6 Å². The third kappa shape index (κ3) is 7.20. The Morgan fingerprint density at radius 1 is 0.921 bits per heavy atom. The normalized spacial score (nSPS) is 25.0. The van der Waals surface area contributed by atoms with Crippen LogP contribution >= 0.6 is 11.6 Å². The van der Waals surface area contributed by atoms with E-state index in [4.69, 9.17) is 11.6 Å². The zero-order valence-electron chi connectivity index (χ0n) is 22.8. The van der Waals surface area contributed by atoms with Gasteiger partial charge in [-0.05, 0) is 92.6 Å². The van der Waals surface area contributed by atoms with Crippen LogP contribution in [-0.4, -0.2) is 59.6 Å². The number of carboxylic acids is 1. The van der Waals surface area contributed by atoms with Crippen molar-refractivity contribution in [3.05, 3.63) is 70.7 Å². The van der Waals surface area contributed by atoms with Crippen LogP contribution in [0.4, 0.5) is 0 Å². The molecule has 3 unspecified atom stereocenters. The highest BCUT2D eigenvalue weighted by molar-refractivity contribution is 6.30. The van der Waals surface area contributed by atoms with E-state index in [1.54, 1.807) is 0 Å². The molecule has 0 aromatic heterocycles. The highest BCUT2D eigenvalue weighted by atomic mass is 35.5. The van der Waals surface area contributed by atoms with Crippen LogP contribution in [0.2, 0.25) is 5.02 Å². The number of hydrogen-bond acceptors (Lipinski definition) is 3. The molecule has 206 valence electrons. The smallest absolute Gasteiger partial charge is 0.321 e. The third-order valence-corrected chi connectivity index (χ3v) is 9.88. The molecule has 2 heterocycles. The van der Waals surface area contributed by atoms with Crippen LogP contribution in [0.5, 0.6) is 0 Å². The molecular formula is C33H45ClN2O2. The fraction of sp³-hybridized carbons (Fsp3) is 0.606. The SMILES string of the molecule is O=C(O)C(C1CCCCC1)N1CC(CN2CCC(CCCc3ccc(Cl)cc3)CC2)C(c2ccccc2)C1. The van der Waals surface area contributed by atoms with Gasteiger partial charge in [-0.25, -0.2) is 0 Å². The number of rotatable bonds is 10. The standard InChI is InChI=1S/C33H45ClN2O2/c34-30-16-14-25(15-17-30)8-7-9-26-18-20-35(21-19-26)22-29-23-36(24-31(29)27-10-3-1-4-11-27)32(33(37)38)28-12-5-2-6-13-28/h1,3-4,10-11,14-17,26,28-29,31-32H,2,5-9,12-13,18-24H2,(H,37,38). The first-order valence-corrected chi connectivity index (χ1v) is 15.4. The second kappa shape index (κ2) is 13.5. The Labute approximate surface area is 234 Å². The van der Waals surface area contributed by atoms with E-state index in [-0.39, 0.29) is 6.04 Å². The number of benzene rings is 2. The Kier molecular flexibility index (Phi) is 9.80. The molecule has 0 amide bonds. The van der Waals surface area contributed by atoms with Crippen molar-refractivity contribution in [1.82, 2.24) is 9.80 Å². The molecule has 3 atom stereocenters. The second-order valence-electron chi connectivity index (χ2n) is 12.2. The number of carbonyl (C=O) groups is 1. The first-order chi connectivity index (χ1) is 18.6. The van der Waals surface area contributed by atoms with Gasteiger partial charge in [-0.1, -0.05) is 79.7 Å². The summed E-state index contributed by atoms with van der Waals surface area (Å²) in [6.45, 7) is 5.23. The van der Waals surface area contributed by atoms with Gasteiger partial charge in [-0.2, -0.15) is 0 Å². The number of carboxylic acid groups (broad SMARTS) is 1. The molecule has 5 heteroatoms. The molecule has 5 rings (SSSR count). The van der Waals surface area contributed by atoms with Gasteiger partial charge in [0.15, 0.2) is 0 Å². The van der Waals surface area contributed by atoms with Crippen LogP contribution in [-0.2, 0) is 11.2 Å². The van der Waals surface area contributed by atoms with Crippen LogP contribution < -0.4 is 0 Å². The molecular weight excluding hydrogens is 492 g/mol. The second-order valence-corrected chi connectivity index (χ2v) is 12.6. The molecule has 2 aliphatic heterocycles. The average Bonchev–Trinajstić information content (AvgIpc) is 3.34. The lowest BCUT2D eigenvalue weighted by atomic mass is 9.83. The van der Waals surface area contributed by atoms with Gasteiger partial charge >= 0.3 is 5.97 Å². The van der Waals surface area contributed by atoms with Crippen LogP contribution in [0.3, 0.4) is 0 Å². The molecule has 4 nitrogen and oxygen atoms in total. The van der Waals surface area contributed by atoms with E-state index in [1.807, 2.05) is 12.1 Å². The summed E-state index contributed by atoms with van der Waals surface area (Å²) in [6, 6.07) is 18.9. The van der Waals surface area contributed by atoms with Crippen LogP contribution in [0.25, 0.3) is 0 Å². The number of likely N-dealkylation sites (tertiary alicyclic amines) is 2. The Bertz CT molecular complexity index is 999. The van der Waals surface area contributed by atoms with Gasteiger partial charge in [-0.15, -0.1) is 0 Å². The van der Waals surface area contributed by atoms with Crippen molar-refractivity contribution in [2.45, 2.75) is 76.2 Å². The van der Waals surface area contributed by atoms with Gasteiger partial charge in [0.2, 0.25) is 0 Å². The predicted octanol–water partition coefficient (Wildman–Crippen LogP) is 7.12. The lowest BCUT2D eigenvalue weighted by molar-refractivity contribution is -0.145. The van der Waals surface area contributed by atoms with E-state index in [1.165, 1.54) is 69.2 Å². The number of aliphatic carboxylic acids is 1. The Hall–Kier alpha value is -1.88. The summed E-state index contributed by atoms with van der Waals surface area (Å²) in [6.07, 6.45) is 12.0. The highest BCUT2D eigenvalue weighted by Crippen LogP contribution is 2.38. The van der Waals surface area contributed by atoms with Crippen molar-refractivity contribution in [3.63, 3.8) is 0 Å². The first kappa shape index (κ1) is 27.7. The molecule has 2 aromatic rings. The third-order valence-electron chi connectivity index (χ3n) is 9.63. The molecule has 0 radical (unpaired) electrons. The van der Waals surface area contributed by atoms with E-state index in [2.05, 4.69) is 52.3 Å². The molecule has 2 aromatic carbocycles. The summed E-state index contributed by atoms with van der Waals surface area (Å²) in [4.78, 5) is 17.5. The summed E-state index contributed by atoms with van der Waals surface area (Å²) in [5.41, 5.74) is 2.77. The van der Waals surface area contributed by atoms with Crippen LogP contribution in [0, 0.1) is 17.8 Å². The van der Waals surface area contributed by atoms with Gasteiger partial charge in [0, 0.05) is 30.6 Å². The van der Waals surface area contributed by atoms with E-state index in [0.29, 0.717) is 17.8 Å². The fourth-order valence-corrected chi connectivity index (χ4v) is 7.66. The van der Waals surface area contributed by atoms with Crippen LogP contribution in [0.15, 0.2) is 54.6 Å². The lowest BCUT2D eigenvalue weighted by Crippen LogP contribution is -2.46. The number of nitrogens with zero attached hydrogens (tertiary/aromatic N) is 2. The van der Waals surface area contributed by atoms with Gasteiger partial charge in [0.05, 0.1) is 0 Å². The molecule has 1 N–H and O–H groups in total. The number of halogens is 1. The molecule has 2 saturated heterocycles. The summed E-state index contributed by atoms with van der Waals surface area (Å²) in [5, 5.41) is 11.1. The monoisotopic (exact) mass is 536 g/mol. The average molecular weight is 537 g/mol. The maximum atomic E-state index is 12.5. The van der Waals surface area contributed by atoms with Crippen LogP contribution in [0.1, 0.15) is 74.8 Å². The van der Waals surface area contributed by atoms with Gasteiger partial charge < -0.3 is 10.0 Å². The number of hydrogen-bond donors (Lipinski definition) is 1. The van der Waals surface area contributed by atoms with E-state index in [9.17, 15) is 9.90 Å². The zero-order chi connectivity index (χ0) is 26.3. The van der Waals surface area contributed by atoms with Gasteiger partial charge in [-0.3, -0.25) is 9.69 Å². The molecule has 1 aliphatic carbocycles. The van der Waals surface area contributed by atoms with Gasteiger partial charge in [0.1, 0.15) is 6.04 Å². The highest BCUT2D eigenvalue weighted by Gasteiger charge is 2.43. The van der Waals surface area contributed by atoms with Crippen molar-refractivity contribution in [2.75, 3.05) is 32.7 Å². The summed E-state index contributed by atoms with van der Waals surface area (Å²) < 4.78 is 0. The van der Waals surface area contributed by atoms with Gasteiger partial charge in [0.25, 0.3) is 0 Å². The van der Waals surface area contributed by atoms with E-state index < -0.39 is 5.97 Å². The minimum absolute atomic E-state index is 0.306. The van der Waals surface area contributed by atoms with Crippen molar-refractivity contribution in [2.24, 2.45) is 17.8 Å². The Balaban J connectivity index is 1.16. The number of piperidine rings is 1. The largest absolute Gasteiger partial charge is 0.480 e. The zero-order valence-corrected chi connectivity index (χ0v) is 23.6. The van der Waals surface area contributed by atoms with Crippen molar-refractivity contribution in [1.29, 1.82) is 0 Å². The quantitative estimate of drug-likeness (QED) is 0.351. The molecule has 3 fully saturated rings. The molecule has 1 saturated carbocycles. The fourth-order valence-electron chi connectivity index (χ4n) is 7.54. The first-order valence-electron chi connectivity index (χ1n) is 15.1. The van der Waals surface area contributed by atoms with E-state index in [0.717, 1.165) is 49.8 Å². The maximum Gasteiger partial charge on any atom is 0.321 e. The summed E-state index contributed by atoms with van der Waals surface area (Å²) in [7, 11) is 0. The lowest BCUT2D eigenvalue weighted by Gasteiger charge is -2.35. The predicted molar refractivity (Wildman–Crippen MR) is 156 cm³/mol. The minimum atomic E-state index is -0.608. The Morgan fingerprint density at radius 2 is 1.63 bits per heavy atom. The maximum absolute atomic E-state index is 12.5.